The third-order valence-electron chi connectivity index (χ3n) is 2.65. The largest absolute Gasteiger partial charge is 0.417 e. The molecule has 0 saturated carbocycles. The molecule has 4 nitrogen and oxygen atoms in total. The summed E-state index contributed by atoms with van der Waals surface area (Å²) in [6, 6.07) is 5.32. The molecule has 0 radical (unpaired) electrons. The lowest BCUT2D eigenvalue weighted by molar-refractivity contribution is -0.138. The highest BCUT2D eigenvalue weighted by Crippen LogP contribution is 2.36. The van der Waals surface area contributed by atoms with Gasteiger partial charge in [0.25, 0.3) is 0 Å². The molecule has 0 bridgehead atoms. The average molecular weight is 361 g/mol. The third kappa shape index (κ3) is 3.84. The molecule has 112 valence electrons. The highest BCUT2D eigenvalue weighted by molar-refractivity contribution is 9.10. The molecule has 0 atom stereocenters. The zero-order valence-electron chi connectivity index (χ0n) is 11.0. The van der Waals surface area contributed by atoms with Crippen LogP contribution in [0.1, 0.15) is 18.3 Å². The van der Waals surface area contributed by atoms with Crippen molar-refractivity contribution in [1.82, 2.24) is 9.97 Å². The van der Waals surface area contributed by atoms with Crippen molar-refractivity contribution < 1.29 is 13.2 Å². The lowest BCUT2D eigenvalue weighted by Crippen LogP contribution is -2.07. The van der Waals surface area contributed by atoms with Crippen LogP contribution < -0.4 is 11.1 Å². The van der Waals surface area contributed by atoms with Crippen LogP contribution in [0.5, 0.6) is 0 Å². The van der Waals surface area contributed by atoms with Crippen LogP contribution in [0.4, 0.5) is 30.5 Å². The zero-order chi connectivity index (χ0) is 15.6. The molecular weight excluding hydrogens is 349 g/mol. The SMILES string of the molecule is CCc1nc(N)cc(Nc2ccc(Br)c(C(F)(F)F)c2)n1. The highest BCUT2D eigenvalue weighted by atomic mass is 79.9. The normalized spacial score (nSPS) is 11.5. The number of nitrogens with two attached hydrogens (primary N) is 1. The third-order valence-corrected chi connectivity index (χ3v) is 3.34. The maximum Gasteiger partial charge on any atom is 0.417 e. The Morgan fingerprint density at radius 1 is 1.24 bits per heavy atom. The van der Waals surface area contributed by atoms with Crippen LogP contribution >= 0.6 is 15.9 Å². The van der Waals surface area contributed by atoms with Crippen LogP contribution in [0.15, 0.2) is 28.7 Å². The van der Waals surface area contributed by atoms with E-state index in [9.17, 15) is 13.2 Å². The van der Waals surface area contributed by atoms with Gasteiger partial charge in [0.15, 0.2) is 0 Å². The first-order chi connectivity index (χ1) is 9.79. The highest BCUT2D eigenvalue weighted by Gasteiger charge is 2.33. The molecule has 1 aromatic heterocycles. The molecular formula is C13H12BrF3N4. The Morgan fingerprint density at radius 3 is 2.57 bits per heavy atom. The minimum atomic E-state index is -4.43. The average Bonchev–Trinajstić information content (AvgIpc) is 2.39. The number of rotatable bonds is 3. The summed E-state index contributed by atoms with van der Waals surface area (Å²) in [6.07, 6.45) is -3.86. The topological polar surface area (TPSA) is 63.8 Å². The second kappa shape index (κ2) is 5.88. The smallest absolute Gasteiger partial charge is 0.384 e. The van der Waals surface area contributed by atoms with Gasteiger partial charge in [-0.25, -0.2) is 9.97 Å². The van der Waals surface area contributed by atoms with Crippen LogP contribution in [-0.2, 0) is 12.6 Å². The predicted molar refractivity (Wildman–Crippen MR) is 78.2 cm³/mol. The summed E-state index contributed by atoms with van der Waals surface area (Å²) in [4.78, 5) is 8.17. The predicted octanol–water partition coefficient (Wildman–Crippen LogP) is 4.15. The first-order valence-corrected chi connectivity index (χ1v) is 6.86. The molecule has 0 aliphatic heterocycles. The summed E-state index contributed by atoms with van der Waals surface area (Å²) in [7, 11) is 0. The van der Waals surface area contributed by atoms with E-state index in [1.807, 2.05) is 6.92 Å². The number of hydrogen-bond donors (Lipinski definition) is 2. The van der Waals surface area contributed by atoms with Gasteiger partial charge in [-0.3, -0.25) is 0 Å². The van der Waals surface area contributed by atoms with Crippen LogP contribution in [-0.4, -0.2) is 9.97 Å². The van der Waals surface area contributed by atoms with Gasteiger partial charge in [0.1, 0.15) is 17.5 Å². The lowest BCUT2D eigenvalue weighted by Gasteiger charge is -2.12. The number of anilines is 3. The summed E-state index contributed by atoms with van der Waals surface area (Å²) in [6.45, 7) is 1.86. The fraction of sp³-hybridized carbons (Fsp3) is 0.231. The number of benzene rings is 1. The molecule has 0 saturated heterocycles. The number of aryl methyl sites for hydroxylation is 1. The number of nitrogens with zero attached hydrogens (tertiary/aromatic N) is 2. The number of aromatic nitrogens is 2. The molecule has 1 heterocycles. The molecule has 0 fully saturated rings. The van der Waals surface area contributed by atoms with Gasteiger partial charge in [0.05, 0.1) is 5.56 Å². The van der Waals surface area contributed by atoms with E-state index in [4.69, 9.17) is 5.73 Å². The van der Waals surface area contributed by atoms with Crippen LogP contribution in [0.25, 0.3) is 0 Å². The molecule has 1 aromatic carbocycles. The van der Waals surface area contributed by atoms with E-state index in [1.54, 1.807) is 0 Å². The van der Waals surface area contributed by atoms with Crippen LogP contribution in [0.3, 0.4) is 0 Å². The molecule has 2 aromatic rings. The summed E-state index contributed by atoms with van der Waals surface area (Å²) >= 11 is 2.89. The Morgan fingerprint density at radius 2 is 1.95 bits per heavy atom. The van der Waals surface area contributed by atoms with Gasteiger partial charge in [-0.15, -0.1) is 0 Å². The van der Waals surface area contributed by atoms with E-state index in [-0.39, 0.29) is 16.0 Å². The number of hydrogen-bond acceptors (Lipinski definition) is 4. The van der Waals surface area contributed by atoms with Crippen molar-refractivity contribution in [3.8, 4) is 0 Å². The Balaban J connectivity index is 2.34. The number of halogens is 4. The molecule has 0 unspecified atom stereocenters. The minimum Gasteiger partial charge on any atom is -0.384 e. The van der Waals surface area contributed by atoms with Crippen molar-refractivity contribution >= 4 is 33.3 Å². The van der Waals surface area contributed by atoms with Gasteiger partial charge >= 0.3 is 6.18 Å². The number of alkyl halides is 3. The van der Waals surface area contributed by atoms with E-state index >= 15 is 0 Å². The maximum atomic E-state index is 12.8. The van der Waals surface area contributed by atoms with Gasteiger partial charge in [-0.05, 0) is 18.2 Å². The fourth-order valence-electron chi connectivity index (χ4n) is 1.71. The van der Waals surface area contributed by atoms with E-state index in [0.29, 0.717) is 18.1 Å². The summed E-state index contributed by atoms with van der Waals surface area (Å²) < 4.78 is 38.5. The fourth-order valence-corrected chi connectivity index (χ4v) is 2.18. The van der Waals surface area contributed by atoms with Gasteiger partial charge in [0.2, 0.25) is 0 Å². The van der Waals surface area contributed by atoms with Gasteiger partial charge in [-0.1, -0.05) is 22.9 Å². The maximum absolute atomic E-state index is 12.8. The molecule has 0 amide bonds. The number of nitrogen functional groups attached to an aromatic ring is 1. The number of nitrogens with one attached hydrogen (secondary N) is 1. The summed E-state index contributed by atoms with van der Waals surface area (Å²) in [5.74, 6) is 1.14. The first-order valence-electron chi connectivity index (χ1n) is 6.07. The van der Waals surface area contributed by atoms with Gasteiger partial charge in [0, 0.05) is 22.6 Å². The second-order valence-corrected chi connectivity index (χ2v) is 5.12. The molecule has 21 heavy (non-hydrogen) atoms. The van der Waals surface area contributed by atoms with Crippen molar-refractivity contribution in [3.63, 3.8) is 0 Å². The molecule has 0 spiro atoms. The van der Waals surface area contributed by atoms with Crippen molar-refractivity contribution in [2.24, 2.45) is 0 Å². The Labute approximate surface area is 127 Å². The summed E-state index contributed by atoms with van der Waals surface area (Å²) in [5.41, 5.74) is 5.14. The van der Waals surface area contributed by atoms with Crippen LogP contribution in [0, 0.1) is 0 Å². The lowest BCUT2D eigenvalue weighted by atomic mass is 10.2. The van der Waals surface area contributed by atoms with E-state index in [2.05, 4.69) is 31.2 Å². The zero-order valence-corrected chi connectivity index (χ0v) is 12.6. The van der Waals surface area contributed by atoms with Crippen molar-refractivity contribution in [3.05, 3.63) is 40.1 Å². The van der Waals surface area contributed by atoms with Crippen molar-refractivity contribution in [2.45, 2.75) is 19.5 Å². The Kier molecular flexibility index (Phi) is 4.36. The molecule has 8 heteroatoms. The quantitative estimate of drug-likeness (QED) is 0.862. The minimum absolute atomic E-state index is 0.0167. The molecule has 2 rings (SSSR count). The second-order valence-electron chi connectivity index (χ2n) is 4.27. The van der Waals surface area contributed by atoms with Crippen molar-refractivity contribution in [2.75, 3.05) is 11.1 Å². The first kappa shape index (κ1) is 15.6. The van der Waals surface area contributed by atoms with E-state index in [1.165, 1.54) is 18.2 Å². The van der Waals surface area contributed by atoms with Gasteiger partial charge in [-0.2, -0.15) is 13.2 Å². The molecule has 0 aliphatic rings. The van der Waals surface area contributed by atoms with Crippen molar-refractivity contribution in [1.29, 1.82) is 0 Å². The molecule has 0 aliphatic carbocycles. The Bertz CT molecular complexity index is 658. The van der Waals surface area contributed by atoms with Crippen LogP contribution in [0.2, 0.25) is 0 Å². The molecule has 3 N–H and O–H groups in total. The monoisotopic (exact) mass is 360 g/mol. The van der Waals surface area contributed by atoms with Gasteiger partial charge < -0.3 is 11.1 Å². The summed E-state index contributed by atoms with van der Waals surface area (Å²) in [5, 5.41) is 2.81. The Hall–Kier alpha value is -1.83. The van der Waals surface area contributed by atoms with E-state index in [0.717, 1.165) is 6.07 Å². The standard InChI is InChI=1S/C13H12BrF3N4/c1-2-11-20-10(18)6-12(21-11)19-7-3-4-9(14)8(5-7)13(15,16)17/h3-6H,2H2,1H3,(H3,18,19,20,21). The van der Waals surface area contributed by atoms with E-state index < -0.39 is 11.7 Å².